The van der Waals surface area contributed by atoms with E-state index in [9.17, 15) is 0 Å². The van der Waals surface area contributed by atoms with Gasteiger partial charge in [0.05, 0.1) is 12.8 Å². The van der Waals surface area contributed by atoms with E-state index >= 15 is 0 Å². The van der Waals surface area contributed by atoms with Crippen molar-refractivity contribution < 1.29 is 9.15 Å². The number of benzene rings is 1. The molecule has 0 saturated carbocycles. The lowest BCUT2D eigenvalue weighted by Gasteiger charge is -2.09. The quantitative estimate of drug-likeness (QED) is 0.867. The van der Waals surface area contributed by atoms with Crippen molar-refractivity contribution in [3.63, 3.8) is 0 Å². The predicted molar refractivity (Wildman–Crippen MR) is 76.5 cm³/mol. The van der Waals surface area contributed by atoms with Crippen LogP contribution in [0.25, 0.3) is 0 Å². The van der Waals surface area contributed by atoms with E-state index in [2.05, 4.69) is 19.2 Å². The average Bonchev–Trinajstić information content (AvgIpc) is 2.81. The topological polar surface area (TPSA) is 34.4 Å². The standard InChI is InChI=1S/C15H18ClNO2/c1-11(2)17-9-15-12(6-7-18-15)10-19-14-5-3-4-13(16)8-14/h3-8,11,17H,9-10H2,1-2H3. The number of hydrogen-bond donors (Lipinski definition) is 1. The van der Waals surface area contributed by atoms with Gasteiger partial charge < -0.3 is 14.5 Å². The van der Waals surface area contributed by atoms with E-state index in [-0.39, 0.29) is 0 Å². The van der Waals surface area contributed by atoms with Crippen LogP contribution >= 0.6 is 11.6 Å². The minimum absolute atomic E-state index is 0.423. The third-order valence-corrected chi connectivity index (χ3v) is 2.93. The molecule has 3 nitrogen and oxygen atoms in total. The number of hydrogen-bond acceptors (Lipinski definition) is 3. The van der Waals surface area contributed by atoms with E-state index in [0.717, 1.165) is 17.1 Å². The highest BCUT2D eigenvalue weighted by Crippen LogP contribution is 2.19. The minimum Gasteiger partial charge on any atom is -0.489 e. The first-order valence-corrected chi connectivity index (χ1v) is 6.70. The summed E-state index contributed by atoms with van der Waals surface area (Å²) in [6.45, 7) is 5.39. The predicted octanol–water partition coefficient (Wildman–Crippen LogP) is 4.01. The van der Waals surface area contributed by atoms with Crippen molar-refractivity contribution in [3.8, 4) is 5.75 Å². The van der Waals surface area contributed by atoms with E-state index in [1.54, 1.807) is 12.3 Å². The van der Waals surface area contributed by atoms with Crippen molar-refractivity contribution in [2.45, 2.75) is 33.0 Å². The van der Waals surface area contributed by atoms with E-state index in [4.69, 9.17) is 20.8 Å². The van der Waals surface area contributed by atoms with Crippen LogP contribution in [0.3, 0.4) is 0 Å². The van der Waals surface area contributed by atoms with Crippen molar-refractivity contribution in [2.24, 2.45) is 0 Å². The molecule has 0 unspecified atom stereocenters. The molecule has 0 amide bonds. The zero-order valence-electron chi connectivity index (χ0n) is 11.2. The van der Waals surface area contributed by atoms with Crippen molar-refractivity contribution >= 4 is 11.6 Å². The molecule has 2 rings (SSSR count). The largest absolute Gasteiger partial charge is 0.489 e. The van der Waals surface area contributed by atoms with Crippen LogP contribution in [0.15, 0.2) is 41.0 Å². The molecule has 1 aromatic heterocycles. The van der Waals surface area contributed by atoms with Crippen molar-refractivity contribution in [2.75, 3.05) is 0 Å². The number of halogens is 1. The van der Waals surface area contributed by atoms with Gasteiger partial charge in [-0.1, -0.05) is 31.5 Å². The van der Waals surface area contributed by atoms with Crippen molar-refractivity contribution in [1.82, 2.24) is 5.32 Å². The molecule has 1 heterocycles. The Kier molecular flexibility index (Phi) is 4.88. The van der Waals surface area contributed by atoms with Crippen LogP contribution < -0.4 is 10.1 Å². The highest BCUT2D eigenvalue weighted by atomic mass is 35.5. The Labute approximate surface area is 118 Å². The summed E-state index contributed by atoms with van der Waals surface area (Å²) in [7, 11) is 0. The molecule has 19 heavy (non-hydrogen) atoms. The van der Waals surface area contributed by atoms with Gasteiger partial charge in [0, 0.05) is 16.6 Å². The number of ether oxygens (including phenoxy) is 1. The van der Waals surface area contributed by atoms with Crippen LogP contribution in [0, 0.1) is 0 Å². The maximum absolute atomic E-state index is 5.91. The third kappa shape index (κ3) is 4.30. The summed E-state index contributed by atoms with van der Waals surface area (Å²) in [4.78, 5) is 0. The molecule has 0 aliphatic carbocycles. The molecule has 0 saturated heterocycles. The fourth-order valence-electron chi connectivity index (χ4n) is 1.67. The Bertz CT molecular complexity index is 522. The lowest BCUT2D eigenvalue weighted by molar-refractivity contribution is 0.301. The Hall–Kier alpha value is -1.45. The summed E-state index contributed by atoms with van der Waals surface area (Å²) in [5.74, 6) is 1.67. The summed E-state index contributed by atoms with van der Waals surface area (Å²) in [5.41, 5.74) is 1.05. The summed E-state index contributed by atoms with van der Waals surface area (Å²) in [5, 5.41) is 4.00. The number of rotatable bonds is 6. The van der Waals surface area contributed by atoms with Crippen LogP contribution in [0.1, 0.15) is 25.2 Å². The third-order valence-electron chi connectivity index (χ3n) is 2.70. The smallest absolute Gasteiger partial charge is 0.124 e. The molecular formula is C15H18ClNO2. The fourth-order valence-corrected chi connectivity index (χ4v) is 1.85. The normalized spacial score (nSPS) is 10.9. The van der Waals surface area contributed by atoms with Gasteiger partial charge in [0.2, 0.25) is 0 Å². The molecule has 0 fully saturated rings. The van der Waals surface area contributed by atoms with Gasteiger partial charge >= 0.3 is 0 Å². The van der Waals surface area contributed by atoms with Crippen LogP contribution in [0.2, 0.25) is 5.02 Å². The molecule has 1 aromatic carbocycles. The van der Waals surface area contributed by atoms with E-state index < -0.39 is 0 Å². The maximum atomic E-state index is 5.91. The van der Waals surface area contributed by atoms with Gasteiger partial charge in [0.25, 0.3) is 0 Å². The minimum atomic E-state index is 0.423. The second-order valence-electron chi connectivity index (χ2n) is 4.65. The van der Waals surface area contributed by atoms with Gasteiger partial charge in [0.1, 0.15) is 18.1 Å². The van der Waals surface area contributed by atoms with Gasteiger partial charge in [-0.2, -0.15) is 0 Å². The van der Waals surface area contributed by atoms with Crippen LogP contribution in [0.4, 0.5) is 0 Å². The van der Waals surface area contributed by atoms with Gasteiger partial charge in [-0.05, 0) is 24.3 Å². The average molecular weight is 280 g/mol. The first-order chi connectivity index (χ1) is 9.15. The van der Waals surface area contributed by atoms with Crippen LogP contribution in [-0.2, 0) is 13.2 Å². The first kappa shape index (κ1) is 14.0. The van der Waals surface area contributed by atoms with E-state index in [0.29, 0.717) is 24.2 Å². The SMILES string of the molecule is CC(C)NCc1occc1COc1cccc(Cl)c1. The Morgan fingerprint density at radius 1 is 1.32 bits per heavy atom. The fraction of sp³-hybridized carbons (Fsp3) is 0.333. The zero-order valence-corrected chi connectivity index (χ0v) is 11.9. The zero-order chi connectivity index (χ0) is 13.7. The Balaban J connectivity index is 1.94. The van der Waals surface area contributed by atoms with Gasteiger partial charge in [-0.3, -0.25) is 0 Å². The number of furan rings is 1. The molecule has 1 N–H and O–H groups in total. The second-order valence-corrected chi connectivity index (χ2v) is 5.09. The lowest BCUT2D eigenvalue weighted by atomic mass is 10.2. The highest BCUT2D eigenvalue weighted by molar-refractivity contribution is 6.30. The van der Waals surface area contributed by atoms with Crippen LogP contribution in [-0.4, -0.2) is 6.04 Å². The molecule has 102 valence electrons. The molecule has 0 bridgehead atoms. The maximum Gasteiger partial charge on any atom is 0.124 e. The molecule has 4 heteroatoms. The van der Waals surface area contributed by atoms with Crippen molar-refractivity contribution in [1.29, 1.82) is 0 Å². The Morgan fingerprint density at radius 3 is 2.89 bits per heavy atom. The first-order valence-electron chi connectivity index (χ1n) is 6.32. The molecular weight excluding hydrogens is 262 g/mol. The summed E-state index contributed by atoms with van der Waals surface area (Å²) < 4.78 is 11.2. The number of nitrogens with one attached hydrogen (secondary N) is 1. The molecule has 0 aliphatic rings. The van der Waals surface area contributed by atoms with Crippen molar-refractivity contribution in [3.05, 3.63) is 52.9 Å². The molecule has 0 aliphatic heterocycles. The highest BCUT2D eigenvalue weighted by Gasteiger charge is 2.07. The van der Waals surface area contributed by atoms with E-state index in [1.165, 1.54) is 0 Å². The molecule has 0 spiro atoms. The molecule has 2 aromatic rings. The van der Waals surface area contributed by atoms with Gasteiger partial charge in [-0.25, -0.2) is 0 Å². The summed E-state index contributed by atoms with van der Waals surface area (Å²) in [6.07, 6.45) is 1.69. The Morgan fingerprint density at radius 2 is 2.16 bits per heavy atom. The van der Waals surface area contributed by atoms with E-state index in [1.807, 2.05) is 24.3 Å². The summed E-state index contributed by atoms with van der Waals surface area (Å²) >= 11 is 5.91. The lowest BCUT2D eigenvalue weighted by Crippen LogP contribution is -2.22. The van der Waals surface area contributed by atoms with Gasteiger partial charge in [-0.15, -0.1) is 0 Å². The second kappa shape index (κ2) is 6.64. The van der Waals surface area contributed by atoms with Gasteiger partial charge in [0.15, 0.2) is 0 Å². The molecule has 0 atom stereocenters. The molecule has 0 radical (unpaired) electrons. The summed E-state index contributed by atoms with van der Waals surface area (Å²) in [6, 6.07) is 9.73. The van der Waals surface area contributed by atoms with Crippen LogP contribution in [0.5, 0.6) is 5.75 Å². The monoisotopic (exact) mass is 279 g/mol.